The first-order valence-electron chi connectivity index (χ1n) is 5.43. The third-order valence-corrected chi connectivity index (χ3v) is 2.62. The minimum atomic E-state index is -0.0134. The van der Waals surface area contributed by atoms with Crippen LogP contribution >= 0.6 is 0 Å². The second kappa shape index (κ2) is 4.47. The van der Waals surface area contributed by atoms with Crippen molar-refractivity contribution in [1.29, 1.82) is 0 Å². The molecule has 1 aromatic rings. The van der Waals surface area contributed by atoms with E-state index in [0.29, 0.717) is 0 Å². The van der Waals surface area contributed by atoms with Crippen molar-refractivity contribution < 1.29 is 4.79 Å². The van der Waals surface area contributed by atoms with Crippen LogP contribution in [-0.4, -0.2) is 11.9 Å². The van der Waals surface area contributed by atoms with Gasteiger partial charge >= 0.3 is 0 Å². The zero-order valence-corrected chi connectivity index (χ0v) is 8.78. The van der Waals surface area contributed by atoms with Gasteiger partial charge < -0.3 is 5.32 Å². The second-order valence-corrected chi connectivity index (χ2v) is 4.17. The largest absolute Gasteiger partial charge is 0.353 e. The van der Waals surface area contributed by atoms with Crippen molar-refractivity contribution in [3.05, 3.63) is 42.8 Å². The van der Waals surface area contributed by atoms with E-state index in [9.17, 15) is 4.79 Å². The van der Waals surface area contributed by atoms with Crippen LogP contribution in [0.3, 0.4) is 0 Å². The van der Waals surface area contributed by atoms with Crippen molar-refractivity contribution >= 4 is 5.91 Å². The van der Waals surface area contributed by atoms with Crippen LogP contribution in [0.4, 0.5) is 0 Å². The number of rotatable bonds is 4. The van der Waals surface area contributed by atoms with E-state index in [-0.39, 0.29) is 17.9 Å². The molecule has 2 rings (SSSR count). The van der Waals surface area contributed by atoms with Crippen LogP contribution in [0.15, 0.2) is 30.3 Å². The number of carbonyl (C=O) groups excluding carboxylic acids is 1. The molecule has 1 atom stereocenters. The molecule has 0 heterocycles. The highest BCUT2D eigenvalue weighted by atomic mass is 16.2. The number of benzene rings is 1. The zero-order chi connectivity index (χ0) is 10.7. The predicted octanol–water partition coefficient (Wildman–Crippen LogP) is 1.96. The smallest absolute Gasteiger partial charge is 0.223 e. The predicted molar refractivity (Wildman–Crippen MR) is 60.2 cm³/mol. The van der Waals surface area contributed by atoms with E-state index in [1.54, 1.807) is 0 Å². The normalized spacial score (nSPS) is 17.1. The average Bonchev–Trinajstić information content (AvgIpc) is 3.01. The molecule has 0 bridgehead atoms. The Labute approximate surface area is 90.7 Å². The van der Waals surface area contributed by atoms with E-state index in [1.165, 1.54) is 5.56 Å². The zero-order valence-electron chi connectivity index (χ0n) is 8.78. The van der Waals surface area contributed by atoms with Gasteiger partial charge in [0.1, 0.15) is 0 Å². The number of carbonyl (C=O) groups is 1. The molecule has 15 heavy (non-hydrogen) atoms. The third kappa shape index (κ3) is 3.08. The molecule has 1 saturated carbocycles. The number of nitrogens with one attached hydrogen (secondary N) is 1. The van der Waals surface area contributed by atoms with Gasteiger partial charge in [0.15, 0.2) is 0 Å². The highest BCUT2D eigenvalue weighted by Crippen LogP contribution is 2.28. The fourth-order valence-corrected chi connectivity index (χ4v) is 1.61. The molecule has 0 saturated heterocycles. The van der Waals surface area contributed by atoms with Crippen molar-refractivity contribution in [2.24, 2.45) is 5.92 Å². The lowest BCUT2D eigenvalue weighted by atomic mass is 10.1. The third-order valence-electron chi connectivity index (χ3n) is 2.62. The summed E-state index contributed by atoms with van der Waals surface area (Å²) < 4.78 is 0. The molecule has 1 aliphatic carbocycles. The Kier molecular flexibility index (Phi) is 3.05. The van der Waals surface area contributed by atoms with Crippen LogP contribution in [0.25, 0.3) is 0 Å². The summed E-state index contributed by atoms with van der Waals surface area (Å²) in [7, 11) is 0. The van der Waals surface area contributed by atoms with E-state index in [1.807, 2.05) is 18.2 Å². The Hall–Kier alpha value is -1.31. The van der Waals surface area contributed by atoms with Gasteiger partial charge in [-0.2, -0.15) is 0 Å². The van der Waals surface area contributed by atoms with E-state index < -0.39 is 0 Å². The maximum atomic E-state index is 11.5. The van der Waals surface area contributed by atoms with Crippen molar-refractivity contribution in [1.82, 2.24) is 5.32 Å². The van der Waals surface area contributed by atoms with Crippen LogP contribution in [0.5, 0.6) is 0 Å². The maximum Gasteiger partial charge on any atom is 0.223 e. The Balaban J connectivity index is 1.81. The van der Waals surface area contributed by atoms with Gasteiger partial charge in [-0.15, -0.1) is 0 Å². The average molecular weight is 202 g/mol. The molecule has 79 valence electrons. The van der Waals surface area contributed by atoms with E-state index in [4.69, 9.17) is 0 Å². The maximum absolute atomic E-state index is 11.5. The molecule has 2 nitrogen and oxygen atoms in total. The molecule has 0 aromatic heterocycles. The lowest BCUT2D eigenvalue weighted by Gasteiger charge is -2.13. The minimum absolute atomic E-state index is 0.0134. The highest BCUT2D eigenvalue weighted by molar-refractivity contribution is 5.81. The summed E-state index contributed by atoms with van der Waals surface area (Å²) in [4.78, 5) is 11.5. The van der Waals surface area contributed by atoms with Crippen LogP contribution in [0, 0.1) is 12.8 Å². The quantitative estimate of drug-likeness (QED) is 0.794. The minimum Gasteiger partial charge on any atom is -0.353 e. The van der Waals surface area contributed by atoms with Gasteiger partial charge in [-0.3, -0.25) is 4.79 Å². The lowest BCUT2D eigenvalue weighted by Crippen LogP contribution is -2.35. The van der Waals surface area contributed by atoms with E-state index >= 15 is 0 Å². The molecular weight excluding hydrogens is 186 g/mol. The van der Waals surface area contributed by atoms with E-state index in [2.05, 4.69) is 24.4 Å². The monoisotopic (exact) mass is 202 g/mol. The van der Waals surface area contributed by atoms with Crippen molar-refractivity contribution in [2.45, 2.75) is 25.3 Å². The molecule has 2 heteroatoms. The SMILES string of the molecule is [CH2]C(Cc1ccccc1)NC(=O)C1CC1. The summed E-state index contributed by atoms with van der Waals surface area (Å²) in [5.41, 5.74) is 1.22. The Morgan fingerprint density at radius 3 is 2.67 bits per heavy atom. The highest BCUT2D eigenvalue weighted by Gasteiger charge is 2.30. The number of amides is 1. The Morgan fingerprint density at radius 1 is 1.40 bits per heavy atom. The summed E-state index contributed by atoms with van der Waals surface area (Å²) in [6.45, 7) is 3.95. The summed E-state index contributed by atoms with van der Waals surface area (Å²) in [6.07, 6.45) is 2.90. The molecule has 1 aliphatic rings. The molecule has 1 N–H and O–H groups in total. The first kappa shape index (κ1) is 10.2. The van der Waals surface area contributed by atoms with Gasteiger partial charge in [-0.05, 0) is 31.7 Å². The van der Waals surface area contributed by atoms with Gasteiger partial charge in [-0.25, -0.2) is 0 Å². The molecule has 1 fully saturated rings. The standard InChI is InChI=1S/C13H16NO/c1-10(14-13(15)12-7-8-12)9-11-5-3-2-4-6-11/h2-6,10,12H,1,7-9H2,(H,14,15). The first-order valence-corrected chi connectivity index (χ1v) is 5.43. The summed E-state index contributed by atoms with van der Waals surface area (Å²) >= 11 is 0. The second-order valence-electron chi connectivity index (χ2n) is 4.17. The molecular formula is C13H16NO. The van der Waals surface area contributed by atoms with Crippen LogP contribution in [0.2, 0.25) is 0 Å². The first-order chi connectivity index (χ1) is 7.25. The van der Waals surface area contributed by atoms with Gasteiger partial charge in [0.05, 0.1) is 0 Å². The van der Waals surface area contributed by atoms with Gasteiger partial charge in [0.25, 0.3) is 0 Å². The van der Waals surface area contributed by atoms with Crippen LogP contribution in [0.1, 0.15) is 18.4 Å². The topological polar surface area (TPSA) is 29.1 Å². The van der Waals surface area contributed by atoms with Crippen molar-refractivity contribution in [2.75, 3.05) is 0 Å². The van der Waals surface area contributed by atoms with Crippen molar-refractivity contribution in [3.63, 3.8) is 0 Å². The molecule has 0 spiro atoms. The summed E-state index contributed by atoms with van der Waals surface area (Å²) in [5.74, 6) is 0.441. The molecule has 1 radical (unpaired) electrons. The number of hydrogen-bond acceptors (Lipinski definition) is 1. The summed E-state index contributed by atoms with van der Waals surface area (Å²) in [6, 6.07) is 10.1. The lowest BCUT2D eigenvalue weighted by molar-refractivity contribution is -0.122. The Bertz CT molecular complexity index is 330. The van der Waals surface area contributed by atoms with E-state index in [0.717, 1.165) is 19.3 Å². The van der Waals surface area contributed by atoms with Gasteiger partial charge in [0, 0.05) is 12.0 Å². The number of hydrogen-bond donors (Lipinski definition) is 1. The molecule has 1 unspecified atom stereocenters. The van der Waals surface area contributed by atoms with Gasteiger partial charge in [0.2, 0.25) is 5.91 Å². The Morgan fingerprint density at radius 2 is 2.07 bits per heavy atom. The molecule has 0 aliphatic heterocycles. The molecule has 1 amide bonds. The molecule has 1 aromatic carbocycles. The van der Waals surface area contributed by atoms with Crippen LogP contribution in [-0.2, 0) is 11.2 Å². The fourth-order valence-electron chi connectivity index (χ4n) is 1.61. The van der Waals surface area contributed by atoms with Gasteiger partial charge in [-0.1, -0.05) is 30.3 Å². The van der Waals surface area contributed by atoms with Crippen molar-refractivity contribution in [3.8, 4) is 0 Å². The summed E-state index contributed by atoms with van der Waals surface area (Å²) in [5, 5.41) is 2.94. The van der Waals surface area contributed by atoms with Crippen LogP contribution < -0.4 is 5.32 Å². The fraction of sp³-hybridized carbons (Fsp3) is 0.385.